The van der Waals surface area contributed by atoms with Crippen LogP contribution in [-0.4, -0.2) is 39.4 Å². The van der Waals surface area contributed by atoms with Crippen LogP contribution in [0.1, 0.15) is 33.8 Å². The zero-order valence-corrected chi connectivity index (χ0v) is 18.1. The lowest BCUT2D eigenvalue weighted by atomic mass is 9.96. The summed E-state index contributed by atoms with van der Waals surface area (Å²) in [4.78, 5) is 30.3. The lowest BCUT2D eigenvalue weighted by Gasteiger charge is -2.16. The fraction of sp³-hybridized carbons (Fsp3) is 0.227. The summed E-state index contributed by atoms with van der Waals surface area (Å²) >= 11 is 1.58. The molecule has 0 spiro atoms. The van der Waals surface area contributed by atoms with Crippen LogP contribution < -0.4 is 10.6 Å². The van der Waals surface area contributed by atoms with E-state index in [2.05, 4.69) is 30.6 Å². The van der Waals surface area contributed by atoms with Crippen LogP contribution in [0.25, 0.3) is 21.5 Å². The fourth-order valence-corrected chi connectivity index (χ4v) is 4.16. The van der Waals surface area contributed by atoms with E-state index in [-0.39, 0.29) is 11.5 Å². The minimum absolute atomic E-state index is 0.00908. The molecule has 0 saturated carbocycles. The van der Waals surface area contributed by atoms with E-state index in [0.717, 1.165) is 27.3 Å². The Labute approximate surface area is 182 Å². The topological polar surface area (TPSA) is 92.7 Å². The molecule has 0 unspecified atom stereocenters. The number of fused-ring (bicyclic) bond motifs is 1. The Morgan fingerprint density at radius 1 is 1.19 bits per heavy atom. The summed E-state index contributed by atoms with van der Waals surface area (Å²) in [6.07, 6.45) is 4.43. The number of benzene rings is 1. The van der Waals surface area contributed by atoms with Crippen LogP contribution in [0.4, 0.5) is 10.2 Å². The van der Waals surface area contributed by atoms with Crippen LogP contribution in [0, 0.1) is 12.7 Å². The maximum Gasteiger partial charge on any atom is 0.254 e. The molecule has 0 saturated heterocycles. The molecule has 0 aliphatic rings. The fourth-order valence-electron chi connectivity index (χ4n) is 3.41. The van der Waals surface area contributed by atoms with Crippen LogP contribution in [0.5, 0.6) is 0 Å². The summed E-state index contributed by atoms with van der Waals surface area (Å²) < 4.78 is 14.3. The molecule has 158 valence electrons. The summed E-state index contributed by atoms with van der Waals surface area (Å²) in [6, 6.07) is 7.36. The van der Waals surface area contributed by atoms with Crippen LogP contribution in [0.2, 0.25) is 0 Å². The molecule has 0 fully saturated rings. The van der Waals surface area contributed by atoms with Crippen molar-refractivity contribution >= 4 is 34.0 Å². The Hall–Kier alpha value is -3.46. The number of halogens is 1. The number of thiazole rings is 1. The number of aryl methyl sites for hydroxylation is 1. The van der Waals surface area contributed by atoms with E-state index in [1.165, 1.54) is 13.4 Å². The van der Waals surface area contributed by atoms with Gasteiger partial charge in [-0.05, 0) is 12.5 Å². The highest BCUT2D eigenvalue weighted by Crippen LogP contribution is 2.29. The van der Waals surface area contributed by atoms with Gasteiger partial charge in [0.15, 0.2) is 5.82 Å². The van der Waals surface area contributed by atoms with Crippen molar-refractivity contribution in [1.82, 2.24) is 25.3 Å². The molecule has 4 rings (SSSR count). The first kappa shape index (κ1) is 20.8. The Morgan fingerprint density at radius 3 is 2.77 bits per heavy atom. The third-order valence-electron chi connectivity index (χ3n) is 5.00. The Balaban J connectivity index is 1.58. The lowest BCUT2D eigenvalue weighted by molar-refractivity contribution is 0.0961. The summed E-state index contributed by atoms with van der Waals surface area (Å²) in [7, 11) is 1.48. The molecule has 3 aromatic heterocycles. The Bertz CT molecular complexity index is 1260. The van der Waals surface area contributed by atoms with Crippen LogP contribution in [-0.2, 0) is 0 Å². The van der Waals surface area contributed by atoms with Crippen LogP contribution in [0.3, 0.4) is 0 Å². The van der Waals surface area contributed by atoms with Crippen LogP contribution >= 0.6 is 11.3 Å². The summed E-state index contributed by atoms with van der Waals surface area (Å²) in [5, 5.41) is 7.30. The molecular formula is C22H21FN6OS. The maximum absolute atomic E-state index is 14.3. The number of rotatable bonds is 6. The minimum Gasteiger partial charge on any atom is -0.369 e. The van der Waals surface area contributed by atoms with Gasteiger partial charge >= 0.3 is 0 Å². The molecule has 7 nitrogen and oxygen atoms in total. The molecular weight excluding hydrogens is 415 g/mol. The first-order chi connectivity index (χ1) is 15.0. The van der Waals surface area contributed by atoms with Gasteiger partial charge in [0.25, 0.3) is 5.91 Å². The average Bonchev–Trinajstić information content (AvgIpc) is 3.23. The number of nitrogens with zero attached hydrogens (tertiary/aromatic N) is 4. The third kappa shape index (κ3) is 4.22. The molecule has 1 amide bonds. The molecule has 0 bridgehead atoms. The molecule has 2 N–H and O–H groups in total. The standard InChI is InChI=1S/C22H21FN6OS/c1-12(8-26-19-7-17(28-11-29-19)18-10-25-13(2)31-18)14-5-4-6-15-20(22(30)24-3)16(23)9-27-21(14)15/h4-7,9-12H,8H2,1-3H3,(H,24,30)(H,26,28,29)/t12-/m1/s1. The normalized spacial score (nSPS) is 12.0. The Kier molecular flexibility index (Phi) is 5.85. The van der Waals surface area contributed by atoms with Crippen LogP contribution in [0.15, 0.2) is 43.0 Å². The van der Waals surface area contributed by atoms with Gasteiger partial charge in [-0.1, -0.05) is 25.1 Å². The van der Waals surface area contributed by atoms with Crippen molar-refractivity contribution in [2.75, 3.05) is 18.9 Å². The first-order valence-electron chi connectivity index (χ1n) is 9.76. The van der Waals surface area contributed by atoms with E-state index in [1.807, 2.05) is 32.0 Å². The van der Waals surface area contributed by atoms with Gasteiger partial charge in [0, 0.05) is 37.2 Å². The van der Waals surface area contributed by atoms with Gasteiger partial charge in [-0.25, -0.2) is 19.3 Å². The number of carbonyl (C=O) groups is 1. The number of hydrogen-bond donors (Lipinski definition) is 2. The number of carbonyl (C=O) groups excluding carboxylic acids is 1. The number of amides is 1. The SMILES string of the molecule is CNC(=O)c1c(F)cnc2c([C@H](C)CNc3cc(-c4cnc(C)s4)ncn3)cccc12. The van der Waals surface area contributed by atoms with E-state index in [0.29, 0.717) is 23.3 Å². The number of pyridine rings is 1. The molecule has 0 aliphatic carbocycles. The Morgan fingerprint density at radius 2 is 2.03 bits per heavy atom. The summed E-state index contributed by atoms with van der Waals surface area (Å²) in [6.45, 7) is 4.57. The van der Waals surface area contributed by atoms with Gasteiger partial charge < -0.3 is 10.6 Å². The monoisotopic (exact) mass is 436 g/mol. The third-order valence-corrected chi connectivity index (χ3v) is 5.93. The molecule has 4 aromatic rings. The predicted molar refractivity (Wildman–Crippen MR) is 120 cm³/mol. The van der Waals surface area contributed by atoms with E-state index in [1.54, 1.807) is 23.6 Å². The van der Waals surface area contributed by atoms with E-state index in [9.17, 15) is 9.18 Å². The second-order valence-corrected chi connectivity index (χ2v) is 8.35. The van der Waals surface area contributed by atoms with Gasteiger partial charge in [0.05, 0.1) is 32.9 Å². The van der Waals surface area contributed by atoms with Gasteiger partial charge in [-0.15, -0.1) is 11.3 Å². The van der Waals surface area contributed by atoms with Crippen molar-refractivity contribution in [3.05, 3.63) is 64.9 Å². The highest BCUT2D eigenvalue weighted by Gasteiger charge is 2.19. The number of aromatic nitrogens is 4. The molecule has 31 heavy (non-hydrogen) atoms. The first-order valence-corrected chi connectivity index (χ1v) is 10.6. The van der Waals surface area contributed by atoms with Crippen molar-refractivity contribution in [3.63, 3.8) is 0 Å². The molecule has 1 aromatic carbocycles. The molecule has 0 aliphatic heterocycles. The van der Waals surface area contributed by atoms with Gasteiger partial charge in [0.2, 0.25) is 0 Å². The zero-order chi connectivity index (χ0) is 22.0. The molecule has 1 atom stereocenters. The van der Waals surface area contributed by atoms with Gasteiger partial charge in [0.1, 0.15) is 12.1 Å². The number of nitrogens with one attached hydrogen (secondary N) is 2. The van der Waals surface area contributed by atoms with Gasteiger partial charge in [-0.3, -0.25) is 9.78 Å². The van der Waals surface area contributed by atoms with Crippen molar-refractivity contribution in [1.29, 1.82) is 0 Å². The predicted octanol–water partition coefficient (Wildman–Crippen LogP) is 4.17. The highest BCUT2D eigenvalue weighted by atomic mass is 32.1. The number of hydrogen-bond acceptors (Lipinski definition) is 7. The molecule has 3 heterocycles. The van der Waals surface area contributed by atoms with E-state index >= 15 is 0 Å². The minimum atomic E-state index is -0.637. The summed E-state index contributed by atoms with van der Waals surface area (Å²) in [5.74, 6) is -0.377. The largest absolute Gasteiger partial charge is 0.369 e. The van der Waals surface area contributed by atoms with Crippen molar-refractivity contribution < 1.29 is 9.18 Å². The summed E-state index contributed by atoms with van der Waals surface area (Å²) in [5.41, 5.74) is 2.35. The average molecular weight is 437 g/mol. The van der Waals surface area contributed by atoms with E-state index in [4.69, 9.17) is 0 Å². The smallest absolute Gasteiger partial charge is 0.254 e. The van der Waals surface area contributed by atoms with Crippen molar-refractivity contribution in [3.8, 4) is 10.6 Å². The maximum atomic E-state index is 14.3. The quantitative estimate of drug-likeness (QED) is 0.471. The second-order valence-electron chi connectivity index (χ2n) is 7.12. The molecule has 0 radical (unpaired) electrons. The second kappa shape index (κ2) is 8.73. The lowest BCUT2D eigenvalue weighted by Crippen LogP contribution is -2.20. The van der Waals surface area contributed by atoms with Crippen molar-refractivity contribution in [2.24, 2.45) is 0 Å². The highest BCUT2D eigenvalue weighted by molar-refractivity contribution is 7.15. The number of para-hydroxylation sites is 1. The zero-order valence-electron chi connectivity index (χ0n) is 17.3. The molecule has 9 heteroatoms. The van der Waals surface area contributed by atoms with Gasteiger partial charge in [-0.2, -0.15) is 0 Å². The van der Waals surface area contributed by atoms with Crippen molar-refractivity contribution in [2.45, 2.75) is 19.8 Å². The number of anilines is 1. The van der Waals surface area contributed by atoms with E-state index < -0.39 is 11.7 Å².